The summed E-state index contributed by atoms with van der Waals surface area (Å²) in [6.07, 6.45) is 1.68. The Morgan fingerprint density at radius 2 is 1.63 bits per heavy atom. The van der Waals surface area contributed by atoms with Crippen molar-refractivity contribution >= 4 is 27.7 Å². The van der Waals surface area contributed by atoms with Crippen molar-refractivity contribution in [2.75, 3.05) is 20.1 Å². The smallest absolute Gasteiger partial charge is 0.230 e. The lowest BCUT2D eigenvalue weighted by Crippen LogP contribution is -2.50. The van der Waals surface area contributed by atoms with Gasteiger partial charge in [0.2, 0.25) is 5.91 Å². The Balaban J connectivity index is 1.35. The largest absolute Gasteiger partial charge is 0.358 e. The highest BCUT2D eigenvalue weighted by Gasteiger charge is 2.42. The number of hydrogen-bond donors (Lipinski definition) is 2. The molecule has 4 heteroatoms. The van der Waals surface area contributed by atoms with Gasteiger partial charge in [0.25, 0.3) is 0 Å². The topological polar surface area (TPSA) is 48.1 Å². The molecule has 4 nitrogen and oxygen atoms in total. The Morgan fingerprint density at radius 1 is 0.933 bits per heavy atom. The predicted octanol–water partition coefficient (Wildman–Crippen LogP) is 4.60. The number of likely N-dealkylation sites (tertiary alicyclic amines) is 1. The number of nitrogens with zero attached hydrogens (tertiary/aromatic N) is 1. The number of aromatic nitrogens is 1. The fourth-order valence-electron chi connectivity index (χ4n) is 4.99. The van der Waals surface area contributed by atoms with E-state index in [4.69, 9.17) is 0 Å². The van der Waals surface area contributed by atoms with Gasteiger partial charge in [-0.1, -0.05) is 60.7 Å². The monoisotopic (exact) mass is 397 g/mol. The molecule has 30 heavy (non-hydrogen) atoms. The molecule has 0 aliphatic carbocycles. The number of fused-ring (bicyclic) bond motifs is 3. The van der Waals surface area contributed by atoms with E-state index in [1.165, 1.54) is 27.4 Å². The van der Waals surface area contributed by atoms with Crippen molar-refractivity contribution < 1.29 is 4.79 Å². The van der Waals surface area contributed by atoms with Crippen LogP contribution in [0.1, 0.15) is 24.0 Å². The zero-order valence-corrected chi connectivity index (χ0v) is 17.3. The van der Waals surface area contributed by atoms with Crippen molar-refractivity contribution in [2.45, 2.75) is 24.8 Å². The molecule has 0 radical (unpaired) electrons. The summed E-state index contributed by atoms with van der Waals surface area (Å²) in [5.74, 6) is 0.132. The van der Waals surface area contributed by atoms with E-state index >= 15 is 0 Å². The van der Waals surface area contributed by atoms with Crippen LogP contribution in [0, 0.1) is 0 Å². The number of nitrogens with one attached hydrogen (secondary N) is 2. The van der Waals surface area contributed by atoms with Crippen LogP contribution in [0.15, 0.2) is 72.8 Å². The van der Waals surface area contributed by atoms with Gasteiger partial charge in [0.1, 0.15) is 0 Å². The van der Waals surface area contributed by atoms with Gasteiger partial charge >= 0.3 is 0 Å². The van der Waals surface area contributed by atoms with Crippen LogP contribution in [0.3, 0.4) is 0 Å². The van der Waals surface area contributed by atoms with Crippen molar-refractivity contribution in [2.24, 2.45) is 0 Å². The summed E-state index contributed by atoms with van der Waals surface area (Å²) in [4.78, 5) is 18.9. The highest BCUT2D eigenvalue weighted by atomic mass is 16.2. The van der Waals surface area contributed by atoms with Gasteiger partial charge in [0.05, 0.1) is 5.41 Å². The number of rotatable bonds is 4. The molecule has 0 atom stereocenters. The lowest BCUT2D eigenvalue weighted by molar-refractivity contribution is -0.128. The van der Waals surface area contributed by atoms with Crippen LogP contribution in [0.2, 0.25) is 0 Å². The molecule has 2 heterocycles. The second-order valence-corrected chi connectivity index (χ2v) is 8.35. The molecule has 2 N–H and O–H groups in total. The molecule has 1 aliphatic rings. The fourth-order valence-corrected chi connectivity index (χ4v) is 4.99. The second kappa shape index (κ2) is 7.62. The predicted molar refractivity (Wildman–Crippen MR) is 123 cm³/mol. The molecule has 0 unspecified atom stereocenters. The standard InChI is InChI=1S/C26H27N3O/c1-27-25(30)26(20-7-3-2-4-8-20)13-15-29(16-14-26)18-19-11-12-22-21-9-5-6-10-23(21)28-24(22)17-19/h2-12,17,28H,13-16,18H2,1H3,(H,27,30). The van der Waals surface area contributed by atoms with Crippen LogP contribution in [0.25, 0.3) is 21.8 Å². The van der Waals surface area contributed by atoms with E-state index in [9.17, 15) is 4.79 Å². The van der Waals surface area contributed by atoms with Crippen molar-refractivity contribution in [1.29, 1.82) is 0 Å². The third kappa shape index (κ3) is 3.17. The average molecular weight is 398 g/mol. The number of likely N-dealkylation sites (N-methyl/N-ethyl adjacent to an activating group) is 1. The second-order valence-electron chi connectivity index (χ2n) is 8.35. The lowest BCUT2D eigenvalue weighted by Gasteiger charge is -2.41. The summed E-state index contributed by atoms with van der Waals surface area (Å²) in [6, 6.07) is 25.4. The Morgan fingerprint density at radius 3 is 2.40 bits per heavy atom. The van der Waals surface area contributed by atoms with E-state index in [0.29, 0.717) is 0 Å². The van der Waals surface area contributed by atoms with Crippen molar-refractivity contribution in [3.63, 3.8) is 0 Å². The maximum atomic E-state index is 12.9. The van der Waals surface area contributed by atoms with Gasteiger partial charge in [-0.15, -0.1) is 0 Å². The number of H-pyrrole nitrogens is 1. The van der Waals surface area contributed by atoms with Crippen LogP contribution in [-0.4, -0.2) is 35.9 Å². The van der Waals surface area contributed by atoms with E-state index in [1.54, 1.807) is 7.05 Å². The van der Waals surface area contributed by atoms with Gasteiger partial charge in [-0.3, -0.25) is 9.69 Å². The fraction of sp³-hybridized carbons (Fsp3) is 0.269. The van der Waals surface area contributed by atoms with Gasteiger partial charge in [0, 0.05) is 35.4 Å². The normalized spacial score (nSPS) is 16.7. The minimum Gasteiger partial charge on any atom is -0.358 e. The molecule has 1 amide bonds. The first-order valence-corrected chi connectivity index (χ1v) is 10.7. The Kier molecular flexibility index (Phi) is 4.80. The molecule has 5 rings (SSSR count). The summed E-state index contributed by atoms with van der Waals surface area (Å²) in [7, 11) is 1.74. The number of amides is 1. The number of hydrogen-bond acceptors (Lipinski definition) is 2. The number of para-hydroxylation sites is 1. The quantitative estimate of drug-likeness (QED) is 0.529. The molecular formula is C26H27N3O. The van der Waals surface area contributed by atoms with Gasteiger partial charge in [0.15, 0.2) is 0 Å². The maximum Gasteiger partial charge on any atom is 0.230 e. The van der Waals surface area contributed by atoms with Crippen molar-refractivity contribution in [3.05, 3.63) is 83.9 Å². The molecule has 1 fully saturated rings. The zero-order chi connectivity index (χ0) is 20.6. The molecule has 0 saturated carbocycles. The molecule has 0 spiro atoms. The van der Waals surface area contributed by atoms with Crippen molar-refractivity contribution in [1.82, 2.24) is 15.2 Å². The number of aromatic amines is 1. The molecule has 3 aromatic carbocycles. The molecule has 4 aromatic rings. The summed E-state index contributed by atoms with van der Waals surface area (Å²) in [5, 5.41) is 5.46. The maximum absolute atomic E-state index is 12.9. The number of carbonyl (C=O) groups excluding carboxylic acids is 1. The van der Waals surface area contributed by atoms with Gasteiger partial charge in [-0.05, 0) is 49.2 Å². The lowest BCUT2D eigenvalue weighted by atomic mass is 9.72. The van der Waals surface area contributed by atoms with Crippen molar-refractivity contribution in [3.8, 4) is 0 Å². The minimum atomic E-state index is -0.423. The number of carbonyl (C=O) groups is 1. The minimum absolute atomic E-state index is 0.132. The molecule has 1 saturated heterocycles. The third-order valence-electron chi connectivity index (χ3n) is 6.67. The highest BCUT2D eigenvalue weighted by molar-refractivity contribution is 6.07. The van der Waals surface area contributed by atoms with Gasteiger partial charge in [-0.2, -0.15) is 0 Å². The molecule has 1 aliphatic heterocycles. The third-order valence-corrected chi connectivity index (χ3v) is 6.67. The highest BCUT2D eigenvalue weighted by Crippen LogP contribution is 2.36. The van der Waals surface area contributed by atoms with Crippen LogP contribution in [0.4, 0.5) is 0 Å². The van der Waals surface area contributed by atoms with E-state index in [1.807, 2.05) is 18.2 Å². The molecular weight excluding hydrogens is 370 g/mol. The summed E-state index contributed by atoms with van der Waals surface area (Å²) >= 11 is 0. The van der Waals surface area contributed by atoms with E-state index in [2.05, 4.69) is 69.8 Å². The van der Waals surface area contributed by atoms with Gasteiger partial charge < -0.3 is 10.3 Å². The zero-order valence-electron chi connectivity index (χ0n) is 17.3. The number of benzene rings is 3. The van der Waals surface area contributed by atoms with Crippen LogP contribution in [0.5, 0.6) is 0 Å². The van der Waals surface area contributed by atoms with Crippen LogP contribution >= 0.6 is 0 Å². The molecule has 1 aromatic heterocycles. The summed E-state index contributed by atoms with van der Waals surface area (Å²) < 4.78 is 0. The van der Waals surface area contributed by atoms with E-state index in [-0.39, 0.29) is 5.91 Å². The first-order chi connectivity index (χ1) is 14.7. The first kappa shape index (κ1) is 18.9. The Hall–Kier alpha value is -3.11. The Bertz CT molecular complexity index is 1190. The molecule has 152 valence electrons. The summed E-state index contributed by atoms with van der Waals surface area (Å²) in [6.45, 7) is 2.73. The van der Waals surface area contributed by atoms with E-state index in [0.717, 1.165) is 38.0 Å². The van der Waals surface area contributed by atoms with Crippen LogP contribution < -0.4 is 5.32 Å². The van der Waals surface area contributed by atoms with E-state index < -0.39 is 5.41 Å². The SMILES string of the molecule is CNC(=O)C1(c2ccccc2)CCN(Cc2ccc3c(c2)[nH]c2ccccc23)CC1. The first-order valence-electron chi connectivity index (χ1n) is 10.7. The molecule has 0 bridgehead atoms. The van der Waals surface area contributed by atoms with Crippen LogP contribution in [-0.2, 0) is 16.8 Å². The number of piperidine rings is 1. The van der Waals surface area contributed by atoms with Gasteiger partial charge in [-0.25, -0.2) is 0 Å². The average Bonchev–Trinajstić information content (AvgIpc) is 3.17. The Labute approximate surface area is 176 Å². The summed E-state index contributed by atoms with van der Waals surface area (Å²) in [5.41, 5.74) is 4.38.